The third-order valence-corrected chi connectivity index (χ3v) is 7.00. The molecule has 0 aliphatic heterocycles. The lowest BCUT2D eigenvalue weighted by Crippen LogP contribution is -2.40. The molecule has 0 atom stereocenters. The summed E-state index contributed by atoms with van der Waals surface area (Å²) in [5.74, 6) is -1.39. The van der Waals surface area contributed by atoms with Crippen molar-refractivity contribution in [3.63, 3.8) is 0 Å². The van der Waals surface area contributed by atoms with Gasteiger partial charge < -0.3 is 20.0 Å². The van der Waals surface area contributed by atoms with Crippen LogP contribution in [0.3, 0.4) is 0 Å². The largest absolute Gasteiger partial charge is 0.390 e. The lowest BCUT2D eigenvalue weighted by atomic mass is 9.80. The maximum Gasteiger partial charge on any atom is 0.265 e. The molecular weight excluding hydrogens is 501 g/mol. The molecule has 11 heteroatoms. The molecule has 2 N–H and O–H groups in total. The van der Waals surface area contributed by atoms with Crippen LogP contribution in [0.15, 0.2) is 40.4 Å². The van der Waals surface area contributed by atoms with E-state index in [1.807, 2.05) is 38.8 Å². The van der Waals surface area contributed by atoms with Gasteiger partial charge in [0.15, 0.2) is 0 Å². The van der Waals surface area contributed by atoms with Crippen LogP contribution in [0.5, 0.6) is 0 Å². The fourth-order valence-electron chi connectivity index (χ4n) is 5.02. The first-order chi connectivity index (χ1) is 18.4. The van der Waals surface area contributed by atoms with Crippen LogP contribution in [0.25, 0.3) is 11.0 Å². The van der Waals surface area contributed by atoms with E-state index < -0.39 is 23.0 Å². The van der Waals surface area contributed by atoms with E-state index in [2.05, 4.69) is 15.1 Å². The predicted octanol–water partition coefficient (Wildman–Crippen LogP) is 3.65. The third-order valence-electron chi connectivity index (χ3n) is 7.00. The maximum absolute atomic E-state index is 13.5. The van der Waals surface area contributed by atoms with Gasteiger partial charge in [-0.1, -0.05) is 5.16 Å². The number of rotatable bonds is 6. The highest BCUT2D eigenvalue weighted by molar-refractivity contribution is 6.06. The topological polar surface area (TPSA) is 139 Å². The lowest BCUT2D eigenvalue weighted by Gasteiger charge is -2.37. The van der Waals surface area contributed by atoms with Crippen molar-refractivity contribution in [3.8, 4) is 6.07 Å². The number of pyridine rings is 3. The highest BCUT2D eigenvalue weighted by atomic mass is 19.1. The summed E-state index contributed by atoms with van der Waals surface area (Å²) in [5.41, 5.74) is 7.27. The Morgan fingerprint density at radius 3 is 2.49 bits per heavy atom. The Kier molecular flexibility index (Phi) is 7.67. The minimum absolute atomic E-state index is 0.0311. The van der Waals surface area contributed by atoms with E-state index in [0.29, 0.717) is 40.8 Å². The number of oxime groups is 1. The summed E-state index contributed by atoms with van der Waals surface area (Å²) in [4.78, 5) is 41.5. The summed E-state index contributed by atoms with van der Waals surface area (Å²) < 4.78 is 14.8. The van der Waals surface area contributed by atoms with Crippen molar-refractivity contribution in [3.05, 3.63) is 63.6 Å². The SMILES string of the molecule is CN(c1c(C(N)=O)c(=O)n(C)c2ccc(C#N)nc12)C1CCC(/C(=N/OC(C)(C)C)c2ccc(F)nc2)CC1. The van der Waals surface area contributed by atoms with E-state index in [-0.39, 0.29) is 23.2 Å². The van der Waals surface area contributed by atoms with Gasteiger partial charge in [-0.05, 0) is 70.7 Å². The van der Waals surface area contributed by atoms with Crippen molar-refractivity contribution in [2.45, 2.75) is 58.1 Å². The van der Waals surface area contributed by atoms with Crippen molar-refractivity contribution in [1.29, 1.82) is 5.26 Å². The van der Waals surface area contributed by atoms with Crippen LogP contribution in [-0.4, -0.2) is 44.8 Å². The number of nitriles is 1. The second-order valence-corrected chi connectivity index (χ2v) is 10.8. The number of halogens is 1. The van der Waals surface area contributed by atoms with Crippen LogP contribution >= 0.6 is 0 Å². The molecule has 1 fully saturated rings. The standard InChI is InChI=1S/C28H32FN7O3/c1-28(2,3)39-34-23(17-8-13-21(29)32-15-17)16-6-10-19(11-7-16)35(4)25-22(26(31)37)27(38)36(5)20-12-9-18(14-30)33-24(20)25/h8-9,12-13,15-16,19H,6-7,10-11H2,1-5H3,(H2,31,37)/b34-23-. The Bertz CT molecular complexity index is 1530. The van der Waals surface area contributed by atoms with Crippen molar-refractivity contribution in [1.82, 2.24) is 14.5 Å². The molecule has 0 radical (unpaired) electrons. The van der Waals surface area contributed by atoms with Crippen LogP contribution in [0.4, 0.5) is 10.1 Å². The van der Waals surface area contributed by atoms with E-state index in [1.165, 1.54) is 22.9 Å². The second-order valence-electron chi connectivity index (χ2n) is 10.8. The first-order valence-corrected chi connectivity index (χ1v) is 12.8. The molecule has 1 aliphatic rings. The number of carbonyl (C=O) groups excluding carboxylic acids is 1. The molecule has 4 rings (SSSR count). The molecule has 3 aromatic heterocycles. The molecule has 3 heterocycles. The first-order valence-electron chi connectivity index (χ1n) is 12.8. The van der Waals surface area contributed by atoms with Gasteiger partial charge in [0.2, 0.25) is 5.95 Å². The molecule has 0 unspecified atom stereocenters. The number of aryl methyl sites for hydroxylation is 1. The number of nitrogens with zero attached hydrogens (tertiary/aromatic N) is 6. The Balaban J connectivity index is 1.68. The highest BCUT2D eigenvalue weighted by Gasteiger charge is 2.32. The molecule has 1 aliphatic carbocycles. The summed E-state index contributed by atoms with van der Waals surface area (Å²) in [6.07, 6.45) is 4.32. The smallest absolute Gasteiger partial charge is 0.265 e. The van der Waals surface area contributed by atoms with Gasteiger partial charge in [-0.25, -0.2) is 9.97 Å². The first kappa shape index (κ1) is 27.7. The zero-order valence-corrected chi connectivity index (χ0v) is 22.7. The number of amides is 1. The molecular formula is C28H32FN7O3. The Labute approximate surface area is 225 Å². The molecule has 1 saturated carbocycles. The second kappa shape index (κ2) is 10.8. The average molecular weight is 534 g/mol. The fraction of sp³-hybridized carbons (Fsp3) is 0.429. The third kappa shape index (κ3) is 5.74. The van der Waals surface area contributed by atoms with E-state index in [0.717, 1.165) is 12.8 Å². The highest BCUT2D eigenvalue weighted by Crippen LogP contribution is 2.35. The quantitative estimate of drug-likeness (QED) is 0.290. The van der Waals surface area contributed by atoms with Crippen molar-refractivity contribution in [2.24, 2.45) is 23.9 Å². The Morgan fingerprint density at radius 2 is 1.92 bits per heavy atom. The number of hydrogen-bond acceptors (Lipinski definition) is 8. The van der Waals surface area contributed by atoms with Gasteiger partial charge in [-0.15, -0.1) is 0 Å². The summed E-state index contributed by atoms with van der Waals surface area (Å²) in [5, 5.41) is 13.9. The maximum atomic E-state index is 13.5. The molecule has 10 nitrogen and oxygen atoms in total. The zero-order valence-electron chi connectivity index (χ0n) is 22.7. The molecule has 1 amide bonds. The number of carbonyl (C=O) groups is 1. The minimum atomic E-state index is -0.852. The number of nitrogens with two attached hydrogens (primary N) is 1. The Morgan fingerprint density at radius 1 is 1.23 bits per heavy atom. The molecule has 0 aromatic carbocycles. The van der Waals surface area contributed by atoms with Crippen molar-refractivity contribution >= 4 is 28.3 Å². The Hall–Kier alpha value is -4.33. The van der Waals surface area contributed by atoms with Gasteiger partial charge in [0.1, 0.15) is 28.4 Å². The molecule has 3 aromatic rings. The molecule has 0 bridgehead atoms. The number of anilines is 1. The fourth-order valence-corrected chi connectivity index (χ4v) is 5.02. The van der Waals surface area contributed by atoms with Gasteiger partial charge in [-0.2, -0.15) is 9.65 Å². The predicted molar refractivity (Wildman–Crippen MR) is 146 cm³/mol. The van der Waals surface area contributed by atoms with Crippen LogP contribution in [0, 0.1) is 23.2 Å². The van der Waals surface area contributed by atoms with Gasteiger partial charge in [0, 0.05) is 37.8 Å². The summed E-state index contributed by atoms with van der Waals surface area (Å²) in [6, 6.07) is 8.11. The van der Waals surface area contributed by atoms with E-state index in [9.17, 15) is 19.2 Å². The molecule has 0 saturated heterocycles. The normalized spacial score (nSPS) is 18.0. The van der Waals surface area contributed by atoms with Crippen molar-refractivity contribution < 1.29 is 14.0 Å². The number of hydrogen-bond donors (Lipinski definition) is 1. The minimum Gasteiger partial charge on any atom is -0.390 e. The number of fused-ring (bicyclic) bond motifs is 1. The van der Waals surface area contributed by atoms with Gasteiger partial charge in [0.05, 0.1) is 16.9 Å². The van der Waals surface area contributed by atoms with Crippen molar-refractivity contribution in [2.75, 3.05) is 11.9 Å². The lowest BCUT2D eigenvalue weighted by molar-refractivity contribution is -0.0000383. The van der Waals surface area contributed by atoms with Crippen LogP contribution in [-0.2, 0) is 11.9 Å². The van der Waals surface area contributed by atoms with Crippen LogP contribution in [0.2, 0.25) is 0 Å². The van der Waals surface area contributed by atoms with Crippen LogP contribution < -0.4 is 16.2 Å². The molecule has 39 heavy (non-hydrogen) atoms. The average Bonchev–Trinajstić information content (AvgIpc) is 2.90. The van der Waals surface area contributed by atoms with E-state index >= 15 is 0 Å². The zero-order chi connectivity index (χ0) is 28.5. The number of aromatic nitrogens is 3. The number of primary amides is 1. The van der Waals surface area contributed by atoms with Gasteiger partial charge in [-0.3, -0.25) is 9.59 Å². The summed E-state index contributed by atoms with van der Waals surface area (Å²) in [6.45, 7) is 5.71. The monoisotopic (exact) mass is 533 g/mol. The van der Waals surface area contributed by atoms with Crippen LogP contribution in [0.1, 0.15) is 68.1 Å². The summed E-state index contributed by atoms with van der Waals surface area (Å²) >= 11 is 0. The van der Waals surface area contributed by atoms with E-state index in [1.54, 1.807) is 19.2 Å². The van der Waals surface area contributed by atoms with Gasteiger partial charge in [0.25, 0.3) is 11.5 Å². The van der Waals surface area contributed by atoms with Gasteiger partial charge >= 0.3 is 0 Å². The molecule has 0 spiro atoms. The summed E-state index contributed by atoms with van der Waals surface area (Å²) in [7, 11) is 3.36. The molecule has 204 valence electrons. The van der Waals surface area contributed by atoms with E-state index in [4.69, 9.17) is 10.6 Å².